The molecule has 3 atom stereocenters. The summed E-state index contributed by atoms with van der Waals surface area (Å²) < 4.78 is 1.08. The molecular weight excluding hydrogens is 338 g/mol. The first-order valence-electron chi connectivity index (χ1n) is 7.05. The summed E-state index contributed by atoms with van der Waals surface area (Å²) in [6.45, 7) is 3.04. The molecule has 2 rings (SSSR count). The number of halogens is 1. The molecule has 20 heavy (non-hydrogen) atoms. The van der Waals surface area contributed by atoms with Gasteiger partial charge >= 0.3 is 0 Å². The van der Waals surface area contributed by atoms with Crippen LogP contribution in [0.4, 0.5) is 0 Å². The molecular formula is C14H22BrN3OS. The highest BCUT2D eigenvalue weighted by Gasteiger charge is 2.38. The van der Waals surface area contributed by atoms with E-state index in [1.807, 2.05) is 0 Å². The molecule has 0 spiro atoms. The molecule has 0 saturated carbocycles. The van der Waals surface area contributed by atoms with E-state index in [1.165, 1.54) is 4.88 Å². The van der Waals surface area contributed by atoms with Crippen molar-refractivity contribution in [2.75, 3.05) is 13.6 Å². The van der Waals surface area contributed by atoms with E-state index in [0.717, 1.165) is 30.3 Å². The van der Waals surface area contributed by atoms with Crippen LogP contribution in [0.3, 0.4) is 0 Å². The second kappa shape index (κ2) is 7.02. The van der Waals surface area contributed by atoms with Crippen LogP contribution >= 0.6 is 27.3 Å². The van der Waals surface area contributed by atoms with Gasteiger partial charge in [-0.15, -0.1) is 11.3 Å². The van der Waals surface area contributed by atoms with Gasteiger partial charge in [0.1, 0.15) is 0 Å². The monoisotopic (exact) mass is 359 g/mol. The number of likely N-dealkylation sites (N-methyl/N-ethyl adjacent to an activating group) is 1. The number of rotatable bonds is 5. The number of likely N-dealkylation sites (tertiary alicyclic amines) is 1. The standard InChI is InChI=1S/C14H22BrN3OS/c1-3-10(16)13(12-7-9(15)8-20-12)18-6-4-5-11(18)14(19)17-2/h7-8,10-11,13H,3-6,16H2,1-2H3,(H,17,19). The zero-order chi connectivity index (χ0) is 14.7. The topological polar surface area (TPSA) is 58.4 Å². The molecule has 1 aliphatic rings. The summed E-state index contributed by atoms with van der Waals surface area (Å²) in [6.07, 6.45) is 2.87. The third-order valence-corrected chi connectivity index (χ3v) is 5.72. The smallest absolute Gasteiger partial charge is 0.237 e. The van der Waals surface area contributed by atoms with Crippen molar-refractivity contribution in [2.24, 2.45) is 5.73 Å². The van der Waals surface area contributed by atoms with Crippen LogP contribution in [-0.4, -0.2) is 36.5 Å². The van der Waals surface area contributed by atoms with E-state index in [2.05, 4.69) is 44.5 Å². The molecule has 6 heteroatoms. The number of carbonyl (C=O) groups excluding carboxylic acids is 1. The van der Waals surface area contributed by atoms with Crippen LogP contribution < -0.4 is 11.1 Å². The van der Waals surface area contributed by atoms with E-state index in [0.29, 0.717) is 0 Å². The van der Waals surface area contributed by atoms with Crippen LogP contribution in [0.2, 0.25) is 0 Å². The molecule has 0 bridgehead atoms. The maximum Gasteiger partial charge on any atom is 0.237 e. The van der Waals surface area contributed by atoms with Crippen molar-refractivity contribution >= 4 is 33.2 Å². The van der Waals surface area contributed by atoms with Crippen molar-refractivity contribution in [1.29, 1.82) is 0 Å². The van der Waals surface area contributed by atoms with E-state index < -0.39 is 0 Å². The third kappa shape index (κ3) is 3.24. The highest BCUT2D eigenvalue weighted by atomic mass is 79.9. The van der Waals surface area contributed by atoms with Gasteiger partial charge in [-0.2, -0.15) is 0 Å². The van der Waals surface area contributed by atoms with Gasteiger partial charge < -0.3 is 11.1 Å². The highest BCUT2D eigenvalue weighted by Crippen LogP contribution is 2.36. The minimum Gasteiger partial charge on any atom is -0.358 e. The van der Waals surface area contributed by atoms with Gasteiger partial charge in [-0.25, -0.2) is 0 Å². The van der Waals surface area contributed by atoms with E-state index in [-0.39, 0.29) is 24.0 Å². The molecule has 2 heterocycles. The molecule has 4 nitrogen and oxygen atoms in total. The summed E-state index contributed by atoms with van der Waals surface area (Å²) in [4.78, 5) is 15.6. The Hall–Kier alpha value is -0.430. The lowest BCUT2D eigenvalue weighted by molar-refractivity contribution is -0.125. The number of nitrogens with one attached hydrogen (secondary N) is 1. The van der Waals surface area contributed by atoms with Crippen molar-refractivity contribution in [3.63, 3.8) is 0 Å². The van der Waals surface area contributed by atoms with Gasteiger partial charge in [0.2, 0.25) is 5.91 Å². The van der Waals surface area contributed by atoms with Crippen LogP contribution in [-0.2, 0) is 4.79 Å². The fourth-order valence-corrected chi connectivity index (χ4v) is 4.54. The molecule has 0 radical (unpaired) electrons. The Balaban J connectivity index is 2.28. The van der Waals surface area contributed by atoms with Crippen molar-refractivity contribution in [3.05, 3.63) is 20.8 Å². The fraction of sp³-hybridized carbons (Fsp3) is 0.643. The quantitative estimate of drug-likeness (QED) is 0.848. The van der Waals surface area contributed by atoms with Gasteiger partial charge in [-0.3, -0.25) is 9.69 Å². The van der Waals surface area contributed by atoms with Crippen molar-refractivity contribution in [2.45, 2.75) is 44.3 Å². The second-order valence-corrected chi connectivity index (χ2v) is 7.05. The summed E-state index contributed by atoms with van der Waals surface area (Å²) in [6, 6.07) is 2.25. The first kappa shape index (κ1) is 15.9. The predicted molar refractivity (Wildman–Crippen MR) is 86.8 cm³/mol. The van der Waals surface area contributed by atoms with Crippen LogP contribution in [0, 0.1) is 0 Å². The lowest BCUT2D eigenvalue weighted by Gasteiger charge is -2.35. The predicted octanol–water partition coefficient (Wildman–Crippen LogP) is 2.50. The van der Waals surface area contributed by atoms with Crippen molar-refractivity contribution in [3.8, 4) is 0 Å². The Kier molecular flexibility index (Phi) is 5.60. The molecule has 1 amide bonds. The Morgan fingerprint density at radius 3 is 3.00 bits per heavy atom. The van der Waals surface area contributed by atoms with Crippen LogP contribution in [0.15, 0.2) is 15.9 Å². The van der Waals surface area contributed by atoms with Gasteiger partial charge in [0.25, 0.3) is 0 Å². The number of nitrogens with zero attached hydrogens (tertiary/aromatic N) is 1. The Bertz CT molecular complexity index is 465. The molecule has 1 fully saturated rings. The number of nitrogens with two attached hydrogens (primary N) is 1. The first-order valence-corrected chi connectivity index (χ1v) is 8.72. The molecule has 0 aromatic carbocycles. The second-order valence-electron chi connectivity index (χ2n) is 5.19. The maximum atomic E-state index is 12.1. The van der Waals surface area contributed by atoms with E-state index >= 15 is 0 Å². The molecule has 1 aromatic heterocycles. The molecule has 1 aliphatic heterocycles. The van der Waals surface area contributed by atoms with Gasteiger partial charge in [-0.05, 0) is 47.8 Å². The molecule has 0 aliphatic carbocycles. The van der Waals surface area contributed by atoms with E-state index in [1.54, 1.807) is 18.4 Å². The van der Waals surface area contributed by atoms with Crippen LogP contribution in [0.5, 0.6) is 0 Å². The summed E-state index contributed by atoms with van der Waals surface area (Å²) in [5.74, 6) is 0.103. The Morgan fingerprint density at radius 2 is 2.45 bits per heavy atom. The molecule has 1 aromatic rings. The maximum absolute atomic E-state index is 12.1. The van der Waals surface area contributed by atoms with Crippen LogP contribution in [0.25, 0.3) is 0 Å². The zero-order valence-electron chi connectivity index (χ0n) is 11.9. The van der Waals surface area contributed by atoms with Crippen LogP contribution in [0.1, 0.15) is 37.1 Å². The summed E-state index contributed by atoms with van der Waals surface area (Å²) >= 11 is 5.22. The Labute approximate surface area is 132 Å². The number of carbonyl (C=O) groups is 1. The minimum atomic E-state index is -0.0523. The van der Waals surface area contributed by atoms with Gasteiger partial charge in [0.05, 0.1) is 12.1 Å². The lowest BCUT2D eigenvalue weighted by atomic mass is 10.0. The third-order valence-electron chi connectivity index (χ3n) is 3.96. The van der Waals surface area contributed by atoms with Crippen molar-refractivity contribution < 1.29 is 4.79 Å². The van der Waals surface area contributed by atoms with Gasteiger partial charge in [-0.1, -0.05) is 6.92 Å². The fourth-order valence-electron chi connectivity index (χ4n) is 2.90. The number of amides is 1. The minimum absolute atomic E-state index is 0.0470. The highest BCUT2D eigenvalue weighted by molar-refractivity contribution is 9.10. The summed E-state index contributed by atoms with van der Waals surface area (Å²) in [5.41, 5.74) is 6.36. The van der Waals surface area contributed by atoms with Gasteiger partial charge in [0, 0.05) is 27.8 Å². The molecule has 3 N–H and O–H groups in total. The number of hydrogen-bond donors (Lipinski definition) is 2. The Morgan fingerprint density at radius 1 is 1.70 bits per heavy atom. The first-order chi connectivity index (χ1) is 9.58. The molecule has 1 saturated heterocycles. The van der Waals surface area contributed by atoms with E-state index in [4.69, 9.17) is 5.73 Å². The zero-order valence-corrected chi connectivity index (χ0v) is 14.3. The largest absolute Gasteiger partial charge is 0.358 e. The SMILES string of the molecule is CCC(N)C(c1cc(Br)cs1)N1CCCC1C(=O)NC. The lowest BCUT2D eigenvalue weighted by Crippen LogP contribution is -2.48. The number of hydrogen-bond acceptors (Lipinski definition) is 4. The summed E-state index contributed by atoms with van der Waals surface area (Å²) in [5, 5.41) is 4.86. The summed E-state index contributed by atoms with van der Waals surface area (Å²) in [7, 11) is 1.70. The van der Waals surface area contributed by atoms with E-state index in [9.17, 15) is 4.79 Å². The molecule has 112 valence electrons. The van der Waals surface area contributed by atoms with Crippen molar-refractivity contribution in [1.82, 2.24) is 10.2 Å². The normalized spacial score (nSPS) is 22.7. The molecule has 3 unspecified atom stereocenters. The average molecular weight is 360 g/mol. The average Bonchev–Trinajstić information content (AvgIpc) is 3.08. The van der Waals surface area contributed by atoms with Gasteiger partial charge in [0.15, 0.2) is 0 Å². The number of thiophene rings is 1.